The van der Waals surface area contributed by atoms with E-state index in [9.17, 15) is 4.79 Å². The summed E-state index contributed by atoms with van der Waals surface area (Å²) in [5, 5.41) is 6.42. The molecule has 1 saturated heterocycles. The largest absolute Gasteiger partial charge is 0.355 e. The zero-order valence-corrected chi connectivity index (χ0v) is 11.5. The van der Waals surface area contributed by atoms with Crippen LogP contribution in [0.25, 0.3) is 0 Å². The second-order valence-electron chi connectivity index (χ2n) is 5.02. The van der Waals surface area contributed by atoms with Gasteiger partial charge >= 0.3 is 0 Å². The Morgan fingerprint density at radius 1 is 1.53 bits per heavy atom. The van der Waals surface area contributed by atoms with Crippen LogP contribution in [0, 0.1) is 0 Å². The van der Waals surface area contributed by atoms with Crippen LogP contribution in [0.1, 0.15) is 40.0 Å². The number of hydrogen-bond acceptors (Lipinski definition) is 3. The van der Waals surface area contributed by atoms with Crippen molar-refractivity contribution in [3.05, 3.63) is 0 Å². The molecule has 1 heterocycles. The lowest BCUT2D eigenvalue weighted by molar-refractivity contribution is -0.126. The Bertz CT molecular complexity index is 233. The Labute approximate surface area is 105 Å². The number of piperazine rings is 1. The lowest BCUT2D eigenvalue weighted by Crippen LogP contribution is -2.55. The van der Waals surface area contributed by atoms with Crippen molar-refractivity contribution in [2.24, 2.45) is 0 Å². The van der Waals surface area contributed by atoms with E-state index in [1.807, 2.05) is 6.92 Å². The van der Waals surface area contributed by atoms with E-state index in [-0.39, 0.29) is 11.9 Å². The van der Waals surface area contributed by atoms with Crippen molar-refractivity contribution in [3.63, 3.8) is 0 Å². The minimum Gasteiger partial charge on any atom is -0.355 e. The van der Waals surface area contributed by atoms with Gasteiger partial charge in [-0.25, -0.2) is 0 Å². The van der Waals surface area contributed by atoms with Crippen LogP contribution in [0.5, 0.6) is 0 Å². The number of hydrogen-bond donors (Lipinski definition) is 2. The van der Waals surface area contributed by atoms with Crippen LogP contribution in [0.15, 0.2) is 0 Å². The maximum absolute atomic E-state index is 11.9. The van der Waals surface area contributed by atoms with Crippen molar-refractivity contribution in [1.82, 2.24) is 15.5 Å². The Balaban J connectivity index is 2.25. The highest BCUT2D eigenvalue weighted by molar-refractivity contribution is 5.81. The van der Waals surface area contributed by atoms with Crippen LogP contribution in [-0.4, -0.2) is 49.1 Å². The fourth-order valence-electron chi connectivity index (χ4n) is 2.21. The highest BCUT2D eigenvalue weighted by Gasteiger charge is 2.24. The fourth-order valence-corrected chi connectivity index (χ4v) is 2.21. The van der Waals surface area contributed by atoms with Gasteiger partial charge in [0.25, 0.3) is 0 Å². The van der Waals surface area contributed by atoms with Crippen molar-refractivity contribution in [3.8, 4) is 0 Å². The third kappa shape index (κ3) is 5.04. The first-order chi connectivity index (χ1) is 8.15. The first-order valence-corrected chi connectivity index (χ1v) is 6.90. The molecule has 1 fully saturated rings. The van der Waals surface area contributed by atoms with Crippen molar-refractivity contribution < 1.29 is 4.79 Å². The van der Waals surface area contributed by atoms with Gasteiger partial charge in [0.15, 0.2) is 0 Å². The van der Waals surface area contributed by atoms with E-state index in [0.29, 0.717) is 6.04 Å². The molecule has 2 unspecified atom stereocenters. The van der Waals surface area contributed by atoms with Crippen LogP contribution in [-0.2, 0) is 4.79 Å². The van der Waals surface area contributed by atoms with E-state index in [4.69, 9.17) is 0 Å². The van der Waals surface area contributed by atoms with Crippen LogP contribution in [0.2, 0.25) is 0 Å². The zero-order chi connectivity index (χ0) is 12.7. The third-order valence-corrected chi connectivity index (χ3v) is 3.41. The predicted octanol–water partition coefficient (Wildman–Crippen LogP) is 0.975. The molecule has 0 bridgehead atoms. The molecule has 2 atom stereocenters. The number of amides is 1. The molecule has 0 aromatic rings. The summed E-state index contributed by atoms with van der Waals surface area (Å²) in [5.41, 5.74) is 0. The van der Waals surface area contributed by atoms with Gasteiger partial charge in [0.05, 0.1) is 6.04 Å². The van der Waals surface area contributed by atoms with E-state index >= 15 is 0 Å². The van der Waals surface area contributed by atoms with Gasteiger partial charge in [-0.3, -0.25) is 9.69 Å². The molecule has 17 heavy (non-hydrogen) atoms. The molecule has 4 heteroatoms. The SMILES string of the molecule is CCCCCNC(=O)C(C)N1CCNC(C)C1. The van der Waals surface area contributed by atoms with Crippen LogP contribution >= 0.6 is 0 Å². The molecule has 0 aromatic carbocycles. The third-order valence-electron chi connectivity index (χ3n) is 3.41. The van der Waals surface area contributed by atoms with Crippen molar-refractivity contribution in [2.45, 2.75) is 52.1 Å². The second kappa shape index (κ2) is 7.67. The molecule has 1 amide bonds. The molecule has 0 radical (unpaired) electrons. The van der Waals surface area contributed by atoms with Gasteiger partial charge in [-0.1, -0.05) is 19.8 Å². The minimum atomic E-state index is 0.00109. The summed E-state index contributed by atoms with van der Waals surface area (Å²) in [6, 6.07) is 0.486. The summed E-state index contributed by atoms with van der Waals surface area (Å²) < 4.78 is 0. The maximum atomic E-state index is 11.9. The number of unbranched alkanes of at least 4 members (excludes halogenated alkanes) is 2. The summed E-state index contributed by atoms with van der Waals surface area (Å²) in [5.74, 6) is 0.176. The van der Waals surface area contributed by atoms with E-state index in [1.54, 1.807) is 0 Å². The summed E-state index contributed by atoms with van der Waals surface area (Å²) in [6.07, 6.45) is 3.48. The van der Waals surface area contributed by atoms with Gasteiger partial charge in [-0.05, 0) is 20.3 Å². The molecule has 100 valence electrons. The van der Waals surface area contributed by atoms with Crippen molar-refractivity contribution in [2.75, 3.05) is 26.2 Å². The Hall–Kier alpha value is -0.610. The normalized spacial score (nSPS) is 23.4. The summed E-state index contributed by atoms with van der Waals surface area (Å²) >= 11 is 0. The van der Waals surface area contributed by atoms with E-state index in [0.717, 1.165) is 32.6 Å². The lowest BCUT2D eigenvalue weighted by atomic mass is 10.1. The van der Waals surface area contributed by atoms with Gasteiger partial charge in [-0.2, -0.15) is 0 Å². The Kier molecular flexibility index (Phi) is 6.52. The lowest BCUT2D eigenvalue weighted by Gasteiger charge is -2.35. The van der Waals surface area contributed by atoms with Gasteiger partial charge in [0, 0.05) is 32.2 Å². The molecule has 1 aliphatic heterocycles. The molecule has 0 saturated carbocycles. The molecule has 0 aliphatic carbocycles. The molecular weight excluding hydrogens is 214 g/mol. The number of nitrogens with zero attached hydrogens (tertiary/aromatic N) is 1. The topological polar surface area (TPSA) is 44.4 Å². The smallest absolute Gasteiger partial charge is 0.237 e. The standard InChI is InChI=1S/C13H27N3O/c1-4-5-6-7-15-13(17)12(3)16-9-8-14-11(2)10-16/h11-12,14H,4-10H2,1-3H3,(H,15,17). The van der Waals surface area contributed by atoms with Gasteiger partial charge in [0.2, 0.25) is 5.91 Å². The summed E-state index contributed by atoms with van der Waals surface area (Å²) in [4.78, 5) is 14.2. The number of rotatable bonds is 6. The maximum Gasteiger partial charge on any atom is 0.237 e. The van der Waals surface area contributed by atoms with Crippen molar-refractivity contribution >= 4 is 5.91 Å². The van der Waals surface area contributed by atoms with Gasteiger partial charge in [-0.15, -0.1) is 0 Å². The molecule has 4 nitrogen and oxygen atoms in total. The molecule has 1 rings (SSSR count). The zero-order valence-electron chi connectivity index (χ0n) is 11.5. The monoisotopic (exact) mass is 241 g/mol. The van der Waals surface area contributed by atoms with E-state index in [2.05, 4.69) is 29.4 Å². The molecule has 1 aliphatic rings. The molecular formula is C13H27N3O. The fraction of sp³-hybridized carbons (Fsp3) is 0.923. The quantitative estimate of drug-likeness (QED) is 0.681. The second-order valence-corrected chi connectivity index (χ2v) is 5.02. The van der Waals surface area contributed by atoms with Crippen LogP contribution < -0.4 is 10.6 Å². The number of carbonyl (C=O) groups is 1. The van der Waals surface area contributed by atoms with Crippen LogP contribution in [0.4, 0.5) is 0 Å². The highest BCUT2D eigenvalue weighted by atomic mass is 16.2. The minimum absolute atomic E-state index is 0.00109. The average molecular weight is 241 g/mol. The van der Waals surface area contributed by atoms with E-state index < -0.39 is 0 Å². The first kappa shape index (κ1) is 14.5. The number of carbonyl (C=O) groups excluding carboxylic acids is 1. The van der Waals surface area contributed by atoms with Crippen LogP contribution in [0.3, 0.4) is 0 Å². The van der Waals surface area contributed by atoms with Gasteiger partial charge < -0.3 is 10.6 Å². The van der Waals surface area contributed by atoms with Gasteiger partial charge in [0.1, 0.15) is 0 Å². The highest BCUT2D eigenvalue weighted by Crippen LogP contribution is 2.04. The van der Waals surface area contributed by atoms with Crippen molar-refractivity contribution in [1.29, 1.82) is 0 Å². The number of nitrogens with one attached hydrogen (secondary N) is 2. The first-order valence-electron chi connectivity index (χ1n) is 6.90. The summed E-state index contributed by atoms with van der Waals surface area (Å²) in [6.45, 7) is 10.1. The van der Waals surface area contributed by atoms with E-state index in [1.165, 1.54) is 12.8 Å². The molecule has 0 aromatic heterocycles. The summed E-state index contributed by atoms with van der Waals surface area (Å²) in [7, 11) is 0. The Morgan fingerprint density at radius 3 is 2.94 bits per heavy atom. The molecule has 2 N–H and O–H groups in total. The molecule has 0 spiro atoms. The average Bonchev–Trinajstić information content (AvgIpc) is 2.33. The predicted molar refractivity (Wildman–Crippen MR) is 71.0 cm³/mol. The Morgan fingerprint density at radius 2 is 2.29 bits per heavy atom.